The van der Waals surface area contributed by atoms with Crippen LogP contribution in [0.5, 0.6) is 11.5 Å². The lowest BCUT2D eigenvalue weighted by Crippen LogP contribution is -2.23. The van der Waals surface area contributed by atoms with Crippen LogP contribution in [0.3, 0.4) is 0 Å². The van der Waals surface area contributed by atoms with Crippen molar-refractivity contribution in [3.63, 3.8) is 0 Å². The molecule has 114 valence electrons. The Balaban J connectivity index is 1.88. The van der Waals surface area contributed by atoms with Gasteiger partial charge in [-0.05, 0) is 42.5 Å². The lowest BCUT2D eigenvalue weighted by Gasteiger charge is -2.20. The monoisotopic (exact) mass is 316 g/mol. The number of methoxy groups -OCH3 is 1. The fourth-order valence-corrected chi connectivity index (χ4v) is 2.15. The van der Waals surface area contributed by atoms with Gasteiger partial charge in [0.2, 0.25) is 0 Å². The molecule has 0 saturated carbocycles. The molecule has 0 aliphatic heterocycles. The molecule has 0 saturated heterocycles. The maximum absolute atomic E-state index is 8.88. The molecule has 2 aromatic carbocycles. The summed E-state index contributed by atoms with van der Waals surface area (Å²) in [6.45, 7) is 1.24. The first-order valence-electron chi connectivity index (χ1n) is 6.81. The van der Waals surface area contributed by atoms with Gasteiger partial charge in [0.25, 0.3) is 0 Å². The molecule has 5 heteroatoms. The molecule has 0 heterocycles. The van der Waals surface area contributed by atoms with E-state index >= 15 is 0 Å². The third-order valence-corrected chi connectivity index (χ3v) is 3.58. The average Bonchev–Trinajstić information content (AvgIpc) is 2.55. The number of halogens is 1. The molecule has 0 unspecified atom stereocenters. The van der Waals surface area contributed by atoms with Crippen LogP contribution < -0.4 is 14.4 Å². The van der Waals surface area contributed by atoms with Crippen LogP contribution in [0.4, 0.5) is 5.69 Å². The SMILES string of the molecule is COc1ccc(OCCN(C)c2ccc(C#N)c(Cl)c2)cc1. The maximum atomic E-state index is 8.88. The number of nitrogens with zero attached hydrogens (tertiary/aromatic N) is 2. The van der Waals surface area contributed by atoms with E-state index in [0.717, 1.165) is 17.2 Å². The Hall–Kier alpha value is -2.38. The van der Waals surface area contributed by atoms with Crippen LogP contribution in [0.2, 0.25) is 5.02 Å². The zero-order valence-corrected chi connectivity index (χ0v) is 13.3. The van der Waals surface area contributed by atoms with Gasteiger partial charge in [-0.25, -0.2) is 0 Å². The molecule has 22 heavy (non-hydrogen) atoms. The Morgan fingerprint density at radius 3 is 2.41 bits per heavy atom. The molecule has 0 radical (unpaired) electrons. The highest BCUT2D eigenvalue weighted by atomic mass is 35.5. The van der Waals surface area contributed by atoms with Gasteiger partial charge < -0.3 is 14.4 Å². The molecule has 0 aromatic heterocycles. The summed E-state index contributed by atoms with van der Waals surface area (Å²) >= 11 is 6.04. The third kappa shape index (κ3) is 4.06. The van der Waals surface area contributed by atoms with Crippen LogP contribution in [0.15, 0.2) is 42.5 Å². The molecule has 0 amide bonds. The van der Waals surface area contributed by atoms with Crippen molar-refractivity contribution in [3.8, 4) is 17.6 Å². The summed E-state index contributed by atoms with van der Waals surface area (Å²) in [4.78, 5) is 2.02. The molecule has 0 atom stereocenters. The normalized spacial score (nSPS) is 9.91. The molecule has 0 bridgehead atoms. The van der Waals surface area contributed by atoms with Crippen LogP contribution in [0.1, 0.15) is 5.56 Å². The lowest BCUT2D eigenvalue weighted by molar-refractivity contribution is 0.325. The van der Waals surface area contributed by atoms with Gasteiger partial charge in [-0.3, -0.25) is 0 Å². The van der Waals surface area contributed by atoms with E-state index in [2.05, 4.69) is 0 Å². The number of nitriles is 1. The van der Waals surface area contributed by atoms with E-state index in [4.69, 9.17) is 26.3 Å². The average molecular weight is 317 g/mol. The fraction of sp³-hybridized carbons (Fsp3) is 0.235. The molecule has 0 aliphatic carbocycles. The van der Waals surface area contributed by atoms with E-state index in [1.807, 2.05) is 48.3 Å². The van der Waals surface area contributed by atoms with E-state index in [0.29, 0.717) is 23.7 Å². The predicted molar refractivity (Wildman–Crippen MR) is 87.9 cm³/mol. The van der Waals surface area contributed by atoms with E-state index in [1.165, 1.54) is 0 Å². The highest BCUT2D eigenvalue weighted by Gasteiger charge is 2.05. The van der Waals surface area contributed by atoms with Crippen LogP contribution in [0, 0.1) is 11.3 Å². The molecule has 2 aromatic rings. The van der Waals surface area contributed by atoms with Gasteiger partial charge in [0.05, 0.1) is 24.2 Å². The van der Waals surface area contributed by atoms with E-state index in [-0.39, 0.29) is 0 Å². The highest BCUT2D eigenvalue weighted by molar-refractivity contribution is 6.32. The Morgan fingerprint density at radius 2 is 1.82 bits per heavy atom. The summed E-state index contributed by atoms with van der Waals surface area (Å²) in [7, 11) is 3.59. The van der Waals surface area contributed by atoms with Crippen molar-refractivity contribution in [2.45, 2.75) is 0 Å². The minimum absolute atomic E-state index is 0.461. The van der Waals surface area contributed by atoms with Gasteiger partial charge >= 0.3 is 0 Å². The second-order valence-corrected chi connectivity index (χ2v) is 5.13. The van der Waals surface area contributed by atoms with Crippen LogP contribution >= 0.6 is 11.6 Å². The maximum Gasteiger partial charge on any atom is 0.119 e. The van der Waals surface area contributed by atoms with Crippen molar-refractivity contribution in [1.82, 2.24) is 0 Å². The molecule has 0 spiro atoms. The largest absolute Gasteiger partial charge is 0.497 e. The zero-order valence-electron chi connectivity index (χ0n) is 12.5. The Bertz CT molecular complexity index is 665. The second kappa shape index (κ2) is 7.58. The summed E-state index contributed by atoms with van der Waals surface area (Å²) in [5.41, 5.74) is 1.43. The van der Waals surface area contributed by atoms with E-state index < -0.39 is 0 Å². The first-order chi connectivity index (χ1) is 10.6. The van der Waals surface area contributed by atoms with Crippen LogP contribution in [-0.2, 0) is 0 Å². The number of benzene rings is 2. The van der Waals surface area contributed by atoms with Crippen molar-refractivity contribution < 1.29 is 9.47 Å². The smallest absolute Gasteiger partial charge is 0.119 e. The molecule has 2 rings (SSSR count). The van der Waals surface area contributed by atoms with Crippen molar-refractivity contribution in [1.29, 1.82) is 5.26 Å². The van der Waals surface area contributed by atoms with Crippen molar-refractivity contribution >= 4 is 17.3 Å². The number of hydrogen-bond acceptors (Lipinski definition) is 4. The summed E-state index contributed by atoms with van der Waals surface area (Å²) < 4.78 is 10.8. The van der Waals surface area contributed by atoms with E-state index in [9.17, 15) is 0 Å². The summed E-state index contributed by atoms with van der Waals surface area (Å²) in [5, 5.41) is 9.34. The fourth-order valence-electron chi connectivity index (χ4n) is 1.93. The van der Waals surface area contributed by atoms with Gasteiger partial charge in [-0.2, -0.15) is 5.26 Å². The summed E-state index contributed by atoms with van der Waals surface area (Å²) in [5.74, 6) is 1.60. The molecule has 0 aliphatic rings. The molecule has 0 N–H and O–H groups in total. The lowest BCUT2D eigenvalue weighted by atomic mass is 10.2. The van der Waals surface area contributed by atoms with Gasteiger partial charge in [0.1, 0.15) is 24.2 Å². The van der Waals surface area contributed by atoms with Crippen molar-refractivity contribution in [2.75, 3.05) is 32.2 Å². The Labute approximate surface area is 135 Å². The van der Waals surface area contributed by atoms with Gasteiger partial charge in [-0.1, -0.05) is 11.6 Å². The third-order valence-electron chi connectivity index (χ3n) is 3.27. The van der Waals surface area contributed by atoms with E-state index in [1.54, 1.807) is 19.2 Å². The number of anilines is 1. The standard InChI is InChI=1S/C17H17ClN2O2/c1-20(14-4-3-13(12-19)17(18)11-14)9-10-22-16-7-5-15(21-2)6-8-16/h3-8,11H,9-10H2,1-2H3. The van der Waals surface area contributed by atoms with Gasteiger partial charge in [0.15, 0.2) is 0 Å². The number of hydrogen-bond donors (Lipinski definition) is 0. The molecular formula is C17H17ClN2O2. The first-order valence-corrected chi connectivity index (χ1v) is 7.19. The molecular weight excluding hydrogens is 300 g/mol. The molecule has 0 fully saturated rings. The topological polar surface area (TPSA) is 45.5 Å². The summed E-state index contributed by atoms with van der Waals surface area (Å²) in [6.07, 6.45) is 0. The van der Waals surface area contributed by atoms with Gasteiger partial charge in [0, 0.05) is 12.7 Å². The van der Waals surface area contributed by atoms with Gasteiger partial charge in [-0.15, -0.1) is 0 Å². The summed E-state index contributed by atoms with van der Waals surface area (Å²) in [6, 6.07) is 14.9. The van der Waals surface area contributed by atoms with Crippen molar-refractivity contribution in [2.24, 2.45) is 0 Å². The highest BCUT2D eigenvalue weighted by Crippen LogP contribution is 2.22. The zero-order chi connectivity index (χ0) is 15.9. The quantitative estimate of drug-likeness (QED) is 0.814. The van der Waals surface area contributed by atoms with Crippen LogP contribution in [0.25, 0.3) is 0 Å². The predicted octanol–water partition coefficient (Wildman–Crippen LogP) is 3.74. The number of rotatable bonds is 6. The Morgan fingerprint density at radius 1 is 1.14 bits per heavy atom. The van der Waals surface area contributed by atoms with Crippen molar-refractivity contribution in [3.05, 3.63) is 53.1 Å². The molecule has 4 nitrogen and oxygen atoms in total. The first kappa shape index (κ1) is 16.0. The minimum Gasteiger partial charge on any atom is -0.497 e. The number of ether oxygens (including phenoxy) is 2. The minimum atomic E-state index is 0.461. The van der Waals surface area contributed by atoms with Crippen LogP contribution in [-0.4, -0.2) is 27.3 Å². The second-order valence-electron chi connectivity index (χ2n) is 4.72. The number of likely N-dealkylation sites (N-methyl/N-ethyl adjacent to an activating group) is 1. The Kier molecular flexibility index (Phi) is 5.51.